The van der Waals surface area contributed by atoms with Crippen LogP contribution < -0.4 is 11.1 Å². The number of hydrogen-bond acceptors (Lipinski definition) is 5. The highest BCUT2D eigenvalue weighted by Crippen LogP contribution is 2.24. The van der Waals surface area contributed by atoms with Crippen LogP contribution in [0.4, 0.5) is 0 Å². The maximum atomic E-state index is 11.9. The average molecular weight is 479 g/mol. The molecule has 1 aromatic rings. The van der Waals surface area contributed by atoms with Gasteiger partial charge in [0.1, 0.15) is 0 Å². The molecule has 186 valence electrons. The van der Waals surface area contributed by atoms with E-state index in [4.69, 9.17) is 5.73 Å². The molecule has 2 atom stereocenters. The number of carbonyl (C=O) groups is 3. The number of ketones is 1. The summed E-state index contributed by atoms with van der Waals surface area (Å²) < 4.78 is 0. The van der Waals surface area contributed by atoms with Crippen LogP contribution in [0.3, 0.4) is 0 Å². The number of hydrogen-bond donors (Lipinski definition) is 4. The molecule has 0 saturated carbocycles. The molecule has 0 unspecified atom stereocenters. The minimum Gasteiger partial charge on any atom is -0.481 e. The average Bonchev–Trinajstić information content (AvgIpc) is 2.81. The minimum absolute atomic E-state index is 0.0527. The highest BCUT2D eigenvalue weighted by Gasteiger charge is 2.19. The van der Waals surface area contributed by atoms with Gasteiger partial charge in [-0.2, -0.15) is 12.6 Å². The molecule has 1 aromatic carbocycles. The number of aryl methyl sites for hydroxylation is 1. The summed E-state index contributed by atoms with van der Waals surface area (Å²) in [6, 6.07) is 7.23. The van der Waals surface area contributed by atoms with Crippen LogP contribution in [0.1, 0.15) is 94.6 Å². The fraction of sp³-hybridized carbons (Fsp3) is 0.654. The first-order valence-corrected chi connectivity index (χ1v) is 13.0. The van der Waals surface area contributed by atoms with E-state index < -0.39 is 17.9 Å². The number of rotatable bonds is 19. The molecular weight excluding hydrogens is 436 g/mol. The Labute approximate surface area is 204 Å². The summed E-state index contributed by atoms with van der Waals surface area (Å²) in [6.45, 7) is 2.18. The van der Waals surface area contributed by atoms with E-state index in [0.29, 0.717) is 25.7 Å². The standard InChI is InChI=1S/C26H42N2O4S/c1-2-3-4-5-6-7-8-11-20-14-16-21(17-15-20)23(26(31)32)13-10-9-12-22(29)18-28-25(30)24(27)19-33/h14-17,23-24,33H,2-13,18-19,27H2,1H3,(H,28,30)(H,31,32)/t23-,24+/m1/s1. The lowest BCUT2D eigenvalue weighted by molar-refractivity contribution is -0.139. The van der Waals surface area contributed by atoms with Crippen LogP contribution in [0.25, 0.3) is 0 Å². The zero-order valence-corrected chi connectivity index (χ0v) is 21.0. The molecule has 0 heterocycles. The minimum atomic E-state index is -0.839. The summed E-state index contributed by atoms with van der Waals surface area (Å²) in [5.74, 6) is -1.66. The number of carboxylic acids is 1. The summed E-state index contributed by atoms with van der Waals surface area (Å²) in [6.07, 6.45) is 12.0. The number of unbranched alkanes of at least 4 members (excludes halogenated alkanes) is 7. The molecular formula is C26H42N2O4S. The quantitative estimate of drug-likeness (QED) is 0.171. The third-order valence-corrected chi connectivity index (χ3v) is 6.33. The van der Waals surface area contributed by atoms with Crippen molar-refractivity contribution in [2.75, 3.05) is 12.3 Å². The maximum Gasteiger partial charge on any atom is 0.310 e. The molecule has 0 aliphatic carbocycles. The topological polar surface area (TPSA) is 109 Å². The van der Waals surface area contributed by atoms with E-state index in [9.17, 15) is 19.5 Å². The van der Waals surface area contributed by atoms with Gasteiger partial charge in [0.2, 0.25) is 5.91 Å². The van der Waals surface area contributed by atoms with Gasteiger partial charge in [-0.3, -0.25) is 14.4 Å². The van der Waals surface area contributed by atoms with Gasteiger partial charge in [0.05, 0.1) is 18.5 Å². The number of amides is 1. The lowest BCUT2D eigenvalue weighted by Gasteiger charge is -2.13. The van der Waals surface area contributed by atoms with Crippen LogP contribution >= 0.6 is 12.6 Å². The Morgan fingerprint density at radius 3 is 2.21 bits per heavy atom. The Morgan fingerprint density at radius 2 is 1.61 bits per heavy atom. The molecule has 1 amide bonds. The van der Waals surface area contributed by atoms with E-state index in [1.165, 1.54) is 50.5 Å². The van der Waals surface area contributed by atoms with Crippen molar-refractivity contribution in [2.24, 2.45) is 5.73 Å². The van der Waals surface area contributed by atoms with Crippen molar-refractivity contribution in [3.8, 4) is 0 Å². The van der Waals surface area contributed by atoms with Gasteiger partial charge in [-0.25, -0.2) is 0 Å². The van der Waals surface area contributed by atoms with Gasteiger partial charge in [0.25, 0.3) is 0 Å². The number of thiol groups is 1. The van der Waals surface area contributed by atoms with Crippen molar-refractivity contribution in [1.29, 1.82) is 0 Å². The van der Waals surface area contributed by atoms with Gasteiger partial charge < -0.3 is 16.2 Å². The molecule has 33 heavy (non-hydrogen) atoms. The fourth-order valence-electron chi connectivity index (χ4n) is 3.79. The first kappa shape index (κ1) is 29.2. The first-order chi connectivity index (χ1) is 15.9. The van der Waals surface area contributed by atoms with Crippen LogP contribution in [0.15, 0.2) is 24.3 Å². The van der Waals surface area contributed by atoms with Gasteiger partial charge in [0, 0.05) is 12.2 Å². The van der Waals surface area contributed by atoms with Gasteiger partial charge in [-0.05, 0) is 36.8 Å². The third-order valence-electron chi connectivity index (χ3n) is 5.94. The summed E-state index contributed by atoms with van der Waals surface area (Å²) in [4.78, 5) is 35.3. The van der Waals surface area contributed by atoms with Gasteiger partial charge in [-0.15, -0.1) is 0 Å². The maximum absolute atomic E-state index is 11.9. The van der Waals surface area contributed by atoms with E-state index >= 15 is 0 Å². The molecule has 6 nitrogen and oxygen atoms in total. The number of benzene rings is 1. The second kappa shape index (κ2) is 17.6. The summed E-state index contributed by atoms with van der Waals surface area (Å²) in [5.41, 5.74) is 7.61. The highest BCUT2D eigenvalue weighted by atomic mass is 32.1. The Kier molecular flexibility index (Phi) is 15.6. The van der Waals surface area contributed by atoms with E-state index in [1.54, 1.807) is 0 Å². The zero-order valence-electron chi connectivity index (χ0n) is 20.1. The monoisotopic (exact) mass is 478 g/mol. The van der Waals surface area contributed by atoms with Crippen molar-refractivity contribution >= 4 is 30.3 Å². The van der Waals surface area contributed by atoms with Crippen LogP contribution in [0.5, 0.6) is 0 Å². The van der Waals surface area contributed by atoms with Gasteiger partial charge in [0.15, 0.2) is 5.78 Å². The Bertz CT molecular complexity index is 709. The summed E-state index contributed by atoms with van der Waals surface area (Å²) in [5, 5.41) is 12.2. The number of carbonyl (C=O) groups excluding carboxylic acids is 2. The van der Waals surface area contributed by atoms with Gasteiger partial charge in [-0.1, -0.05) is 76.1 Å². The largest absolute Gasteiger partial charge is 0.481 e. The molecule has 4 N–H and O–H groups in total. The van der Waals surface area contributed by atoms with Crippen molar-refractivity contribution in [1.82, 2.24) is 5.32 Å². The van der Waals surface area contributed by atoms with Gasteiger partial charge >= 0.3 is 5.97 Å². The smallest absolute Gasteiger partial charge is 0.310 e. The zero-order chi connectivity index (χ0) is 24.5. The molecule has 0 aliphatic rings. The molecule has 0 aromatic heterocycles. The Morgan fingerprint density at radius 1 is 0.970 bits per heavy atom. The molecule has 0 spiro atoms. The number of Topliss-reactive ketones (excluding diaryl/α,β-unsaturated/α-hetero) is 1. The van der Waals surface area contributed by atoms with Crippen molar-refractivity contribution < 1.29 is 19.5 Å². The summed E-state index contributed by atoms with van der Waals surface area (Å²) >= 11 is 3.95. The van der Waals surface area contributed by atoms with Crippen LogP contribution in [0, 0.1) is 0 Å². The van der Waals surface area contributed by atoms with E-state index in [1.807, 2.05) is 24.3 Å². The number of aliphatic carboxylic acids is 1. The van der Waals surface area contributed by atoms with Crippen molar-refractivity contribution in [3.05, 3.63) is 35.4 Å². The Hall–Kier alpha value is -1.86. The second-order valence-electron chi connectivity index (χ2n) is 8.80. The normalized spacial score (nSPS) is 12.8. The lowest BCUT2D eigenvalue weighted by atomic mass is 9.92. The highest BCUT2D eigenvalue weighted by molar-refractivity contribution is 7.80. The van der Waals surface area contributed by atoms with Crippen LogP contribution in [-0.4, -0.2) is 41.1 Å². The SMILES string of the molecule is CCCCCCCCCc1ccc([C@@H](CCCCC(=O)CNC(=O)[C@@H](N)CS)C(=O)O)cc1. The molecule has 0 radical (unpaired) electrons. The molecule has 0 saturated heterocycles. The predicted molar refractivity (Wildman–Crippen MR) is 137 cm³/mol. The Balaban J connectivity index is 2.34. The number of carboxylic acid groups (broad SMARTS) is 1. The third kappa shape index (κ3) is 12.8. The molecule has 0 aliphatic heterocycles. The predicted octanol–water partition coefficient (Wildman–Crippen LogP) is 4.65. The van der Waals surface area contributed by atoms with Crippen molar-refractivity contribution in [2.45, 2.75) is 95.9 Å². The molecule has 1 rings (SSSR count). The molecule has 0 bridgehead atoms. The van der Waals surface area contributed by atoms with Crippen LogP contribution in [-0.2, 0) is 20.8 Å². The van der Waals surface area contributed by atoms with E-state index in [-0.39, 0.29) is 24.0 Å². The van der Waals surface area contributed by atoms with E-state index in [2.05, 4.69) is 24.9 Å². The lowest BCUT2D eigenvalue weighted by Crippen LogP contribution is -2.43. The number of nitrogens with two attached hydrogens (primary N) is 1. The van der Waals surface area contributed by atoms with E-state index in [0.717, 1.165) is 12.0 Å². The van der Waals surface area contributed by atoms with Crippen LogP contribution in [0.2, 0.25) is 0 Å². The second-order valence-corrected chi connectivity index (χ2v) is 9.16. The number of nitrogens with one attached hydrogen (secondary N) is 1. The first-order valence-electron chi connectivity index (χ1n) is 12.4. The molecule has 7 heteroatoms. The molecule has 0 fully saturated rings. The summed E-state index contributed by atoms with van der Waals surface area (Å²) in [7, 11) is 0. The van der Waals surface area contributed by atoms with Crippen molar-refractivity contribution in [3.63, 3.8) is 0 Å². The fourth-order valence-corrected chi connectivity index (χ4v) is 3.96.